The Bertz CT molecular complexity index is 251. The molecule has 2 heteroatoms. The van der Waals surface area contributed by atoms with Crippen molar-refractivity contribution < 1.29 is 0 Å². The van der Waals surface area contributed by atoms with Gasteiger partial charge in [-0.15, -0.1) is 0 Å². The van der Waals surface area contributed by atoms with Crippen LogP contribution in [0, 0.1) is 5.92 Å². The van der Waals surface area contributed by atoms with Crippen molar-refractivity contribution in [2.45, 2.75) is 27.2 Å². The van der Waals surface area contributed by atoms with E-state index in [1.54, 1.807) is 0 Å². The Morgan fingerprint density at radius 2 is 2.14 bits per heavy atom. The van der Waals surface area contributed by atoms with Crippen LogP contribution in [0.2, 0.25) is 0 Å². The smallest absolute Gasteiger partial charge is 0.0204 e. The second-order valence-electron chi connectivity index (χ2n) is 3.47. The topological polar surface area (TPSA) is 26.0 Å². The van der Waals surface area contributed by atoms with Crippen molar-refractivity contribution in [3.63, 3.8) is 0 Å². The predicted octanol–water partition coefficient (Wildman–Crippen LogP) is 3.77. The van der Waals surface area contributed by atoms with Gasteiger partial charge in [0.15, 0.2) is 0 Å². The van der Waals surface area contributed by atoms with E-state index in [1.165, 1.54) is 5.57 Å². The second kappa shape index (κ2) is 7.02. The van der Waals surface area contributed by atoms with E-state index in [-0.39, 0.29) is 0 Å². The summed E-state index contributed by atoms with van der Waals surface area (Å²) in [7, 11) is 0. The highest BCUT2D eigenvalue weighted by Crippen LogP contribution is 2.21. The fraction of sp³-hybridized carbons (Fsp3) is 0.500. The fourth-order valence-electron chi connectivity index (χ4n) is 1.04. The second-order valence-corrected chi connectivity index (χ2v) is 4.32. The molecule has 0 amide bonds. The molecule has 0 aromatic carbocycles. The Hall–Kier alpha value is -0.340. The normalized spacial score (nSPS) is 16.2. The van der Waals surface area contributed by atoms with Crippen LogP contribution in [0.25, 0.3) is 0 Å². The van der Waals surface area contributed by atoms with Crippen molar-refractivity contribution in [1.29, 1.82) is 0 Å². The molecule has 1 atom stereocenters. The van der Waals surface area contributed by atoms with Gasteiger partial charge < -0.3 is 5.73 Å². The minimum absolute atomic E-state index is 0.546. The van der Waals surface area contributed by atoms with Crippen molar-refractivity contribution >= 4 is 15.9 Å². The molecule has 0 aliphatic heterocycles. The molecule has 0 fully saturated rings. The highest BCUT2D eigenvalue weighted by atomic mass is 79.9. The first kappa shape index (κ1) is 13.7. The summed E-state index contributed by atoms with van der Waals surface area (Å²) in [6, 6.07) is 0. The van der Waals surface area contributed by atoms with Crippen LogP contribution in [-0.2, 0) is 0 Å². The summed E-state index contributed by atoms with van der Waals surface area (Å²) in [6.45, 7) is 10.7. The maximum absolute atomic E-state index is 5.70. The molecule has 14 heavy (non-hydrogen) atoms. The third-order valence-corrected chi connectivity index (χ3v) is 3.33. The lowest BCUT2D eigenvalue weighted by molar-refractivity contribution is 0.642. The fourth-order valence-corrected chi connectivity index (χ4v) is 1.49. The monoisotopic (exact) mass is 257 g/mol. The highest BCUT2D eigenvalue weighted by Gasteiger charge is 2.05. The van der Waals surface area contributed by atoms with Crippen molar-refractivity contribution in [2.24, 2.45) is 11.7 Å². The van der Waals surface area contributed by atoms with Crippen LogP contribution in [0.15, 0.2) is 34.4 Å². The summed E-state index contributed by atoms with van der Waals surface area (Å²) in [5.41, 5.74) is 8.12. The van der Waals surface area contributed by atoms with Gasteiger partial charge in [-0.2, -0.15) is 0 Å². The highest BCUT2D eigenvalue weighted by molar-refractivity contribution is 9.11. The number of hydrogen-bond acceptors (Lipinski definition) is 1. The standard InChI is InChI=1S/C12H20BrN/c1-5-9(3)11(8-14)7-12(13)10(4)6-2/h6-7,9H,2,5,8,14H2,1,3-4H3/b11-7+,12-10+. The summed E-state index contributed by atoms with van der Waals surface area (Å²) in [5.74, 6) is 0.546. The molecule has 0 aromatic rings. The molecule has 1 unspecified atom stereocenters. The van der Waals surface area contributed by atoms with E-state index in [9.17, 15) is 0 Å². The zero-order valence-corrected chi connectivity index (χ0v) is 10.9. The Labute approximate surface area is 95.9 Å². The number of allylic oxidation sites excluding steroid dienone is 4. The van der Waals surface area contributed by atoms with Gasteiger partial charge in [0.2, 0.25) is 0 Å². The van der Waals surface area contributed by atoms with Crippen LogP contribution in [-0.4, -0.2) is 6.54 Å². The molecule has 1 nitrogen and oxygen atoms in total. The van der Waals surface area contributed by atoms with Gasteiger partial charge >= 0.3 is 0 Å². The molecular weight excluding hydrogens is 238 g/mol. The van der Waals surface area contributed by atoms with Crippen LogP contribution in [0.4, 0.5) is 0 Å². The van der Waals surface area contributed by atoms with E-state index in [0.717, 1.165) is 16.5 Å². The molecule has 0 spiro atoms. The van der Waals surface area contributed by atoms with Crippen molar-refractivity contribution in [3.05, 3.63) is 34.4 Å². The molecule has 0 heterocycles. The summed E-state index contributed by atoms with van der Waals surface area (Å²) in [6.07, 6.45) is 5.08. The Balaban J connectivity index is 4.84. The summed E-state index contributed by atoms with van der Waals surface area (Å²) >= 11 is 3.52. The molecular formula is C12H20BrN. The van der Waals surface area contributed by atoms with E-state index in [1.807, 2.05) is 13.0 Å². The average Bonchev–Trinajstić information content (AvgIpc) is 2.22. The maximum atomic E-state index is 5.70. The van der Waals surface area contributed by atoms with Gasteiger partial charge in [0, 0.05) is 11.0 Å². The lowest BCUT2D eigenvalue weighted by atomic mass is 9.98. The first-order valence-electron chi connectivity index (χ1n) is 4.96. The van der Waals surface area contributed by atoms with Gasteiger partial charge in [-0.05, 0) is 30.9 Å². The van der Waals surface area contributed by atoms with Crippen molar-refractivity contribution in [3.8, 4) is 0 Å². The lowest BCUT2D eigenvalue weighted by Crippen LogP contribution is -2.10. The van der Waals surface area contributed by atoms with E-state index < -0.39 is 0 Å². The van der Waals surface area contributed by atoms with Gasteiger partial charge in [-0.1, -0.05) is 48.0 Å². The molecule has 0 radical (unpaired) electrons. The van der Waals surface area contributed by atoms with Gasteiger partial charge in [0.25, 0.3) is 0 Å². The van der Waals surface area contributed by atoms with Crippen LogP contribution >= 0.6 is 15.9 Å². The summed E-state index contributed by atoms with van der Waals surface area (Å²) in [5, 5.41) is 0. The molecule has 0 aromatic heterocycles. The zero-order valence-electron chi connectivity index (χ0n) is 9.31. The van der Waals surface area contributed by atoms with Crippen LogP contribution in [0.3, 0.4) is 0 Å². The van der Waals surface area contributed by atoms with Gasteiger partial charge in [-0.25, -0.2) is 0 Å². The lowest BCUT2D eigenvalue weighted by Gasteiger charge is -2.12. The molecule has 0 bridgehead atoms. The number of halogens is 1. The first-order chi connectivity index (χ1) is 6.56. The number of hydrogen-bond donors (Lipinski definition) is 1. The minimum Gasteiger partial charge on any atom is -0.327 e. The van der Waals surface area contributed by atoms with Gasteiger partial charge in [-0.3, -0.25) is 0 Å². The van der Waals surface area contributed by atoms with E-state index in [0.29, 0.717) is 12.5 Å². The van der Waals surface area contributed by atoms with Crippen LogP contribution < -0.4 is 5.73 Å². The first-order valence-corrected chi connectivity index (χ1v) is 5.75. The Morgan fingerprint density at radius 1 is 1.57 bits per heavy atom. The molecule has 2 N–H and O–H groups in total. The number of nitrogens with two attached hydrogens (primary N) is 1. The molecule has 0 saturated carbocycles. The maximum Gasteiger partial charge on any atom is 0.0204 e. The summed E-state index contributed by atoms with van der Waals surface area (Å²) < 4.78 is 1.08. The molecule has 0 aliphatic rings. The third-order valence-electron chi connectivity index (χ3n) is 2.48. The van der Waals surface area contributed by atoms with Crippen molar-refractivity contribution in [2.75, 3.05) is 6.54 Å². The third kappa shape index (κ3) is 4.25. The van der Waals surface area contributed by atoms with Crippen molar-refractivity contribution in [1.82, 2.24) is 0 Å². The van der Waals surface area contributed by atoms with E-state index in [2.05, 4.69) is 42.4 Å². The SMILES string of the molecule is C=C/C(C)=C(Br)\C=C(/CN)C(C)CC. The number of rotatable bonds is 5. The average molecular weight is 258 g/mol. The van der Waals surface area contributed by atoms with E-state index >= 15 is 0 Å². The zero-order chi connectivity index (χ0) is 11.1. The Kier molecular flexibility index (Phi) is 6.85. The molecule has 80 valence electrons. The predicted molar refractivity (Wildman–Crippen MR) is 68.4 cm³/mol. The van der Waals surface area contributed by atoms with E-state index in [4.69, 9.17) is 5.73 Å². The molecule has 0 aliphatic carbocycles. The molecule has 0 rings (SSSR count). The van der Waals surface area contributed by atoms with Crippen LogP contribution in [0.5, 0.6) is 0 Å². The van der Waals surface area contributed by atoms with Gasteiger partial charge in [0.05, 0.1) is 0 Å². The minimum atomic E-state index is 0.546. The molecule has 0 saturated heterocycles. The largest absolute Gasteiger partial charge is 0.327 e. The summed E-state index contributed by atoms with van der Waals surface area (Å²) in [4.78, 5) is 0. The van der Waals surface area contributed by atoms with Crippen LogP contribution in [0.1, 0.15) is 27.2 Å². The van der Waals surface area contributed by atoms with Gasteiger partial charge in [0.1, 0.15) is 0 Å². The quantitative estimate of drug-likeness (QED) is 0.746. The Morgan fingerprint density at radius 3 is 2.50 bits per heavy atom.